The highest BCUT2D eigenvalue weighted by Gasteiger charge is 2.54. The Labute approximate surface area is 253 Å². The maximum atomic E-state index is 14.0. The van der Waals surface area contributed by atoms with E-state index in [-0.39, 0.29) is 25.5 Å². The Kier molecular flexibility index (Phi) is 10.6. The first kappa shape index (κ1) is 31.8. The number of carbonyl (C=O) groups is 1. The standard InChI is InChI=1S/C29H28BrF3N6O4/c30-24-9-4-2-6-20(24)16-28(27(41)38-36-18-29(31,32)33)25(23-8-3-1-7-21(23)17-35-39-34)43-26(37-28)19-10-12-22(13-11-19)42-15-5-14-40/h1-4,6-13,25,36,40H,5,14-18H2,(H,38,41)/t25-,28-/m0/s1. The van der Waals surface area contributed by atoms with Crippen molar-refractivity contribution in [2.45, 2.75) is 37.2 Å². The second kappa shape index (κ2) is 14.4. The minimum absolute atomic E-state index is 0.00915. The van der Waals surface area contributed by atoms with Crippen LogP contribution in [-0.2, 0) is 22.5 Å². The summed E-state index contributed by atoms with van der Waals surface area (Å²) in [4.78, 5) is 21.6. The summed E-state index contributed by atoms with van der Waals surface area (Å²) in [6.07, 6.45) is -5.29. The highest BCUT2D eigenvalue weighted by Crippen LogP contribution is 2.44. The molecule has 0 spiro atoms. The number of ether oxygens (including phenoxy) is 2. The lowest BCUT2D eigenvalue weighted by Gasteiger charge is -2.32. The SMILES string of the molecule is [N-]=[N+]=NCc1ccccc1[C@@H]1OC(c2ccc(OCCCO)cc2)=N[C@]1(Cc1ccccc1Br)C(=O)NNCC(F)(F)F. The third-order valence-electron chi connectivity index (χ3n) is 6.58. The number of aliphatic imine (C=N–C) groups is 1. The molecule has 0 saturated heterocycles. The average molecular weight is 661 g/mol. The zero-order valence-corrected chi connectivity index (χ0v) is 24.3. The van der Waals surface area contributed by atoms with E-state index in [0.717, 1.165) is 0 Å². The fraction of sp³-hybridized carbons (Fsp3) is 0.310. The molecule has 3 aromatic rings. The van der Waals surface area contributed by atoms with E-state index in [9.17, 15) is 18.0 Å². The van der Waals surface area contributed by atoms with Crippen LogP contribution in [-0.4, -0.2) is 48.4 Å². The monoisotopic (exact) mass is 660 g/mol. The van der Waals surface area contributed by atoms with E-state index in [1.54, 1.807) is 72.8 Å². The first-order chi connectivity index (χ1) is 20.7. The predicted octanol–water partition coefficient (Wildman–Crippen LogP) is 5.70. The van der Waals surface area contributed by atoms with Crippen LogP contribution in [0.3, 0.4) is 0 Å². The number of azide groups is 1. The highest BCUT2D eigenvalue weighted by atomic mass is 79.9. The van der Waals surface area contributed by atoms with Crippen LogP contribution >= 0.6 is 15.9 Å². The molecule has 0 aliphatic carbocycles. The van der Waals surface area contributed by atoms with Gasteiger partial charge in [-0.05, 0) is 52.6 Å². The number of alkyl halides is 3. The average Bonchev–Trinajstić information content (AvgIpc) is 3.37. The number of aliphatic hydroxyl groups is 1. The summed E-state index contributed by atoms with van der Waals surface area (Å²) in [6.45, 7) is -1.21. The van der Waals surface area contributed by atoms with Gasteiger partial charge in [-0.15, -0.1) is 0 Å². The molecule has 0 aromatic heterocycles. The number of hydrogen-bond donors (Lipinski definition) is 3. The maximum Gasteiger partial charge on any atom is 0.402 e. The second-order valence-electron chi connectivity index (χ2n) is 9.57. The Morgan fingerprint density at radius 3 is 2.49 bits per heavy atom. The molecule has 0 unspecified atom stereocenters. The molecule has 0 bridgehead atoms. The van der Waals surface area contributed by atoms with Crippen LogP contribution in [0.2, 0.25) is 0 Å². The molecule has 1 aliphatic rings. The molecule has 0 radical (unpaired) electrons. The van der Waals surface area contributed by atoms with Crippen molar-refractivity contribution in [3.63, 3.8) is 0 Å². The van der Waals surface area contributed by atoms with Gasteiger partial charge < -0.3 is 14.6 Å². The van der Waals surface area contributed by atoms with E-state index in [0.29, 0.717) is 45.5 Å². The Balaban J connectivity index is 1.83. The van der Waals surface area contributed by atoms with Crippen molar-refractivity contribution in [3.05, 3.63) is 110 Å². The minimum Gasteiger partial charge on any atom is -0.494 e. The number of nitrogens with one attached hydrogen (secondary N) is 2. The van der Waals surface area contributed by atoms with Gasteiger partial charge in [0.2, 0.25) is 5.90 Å². The molecule has 1 aliphatic heterocycles. The summed E-state index contributed by atoms with van der Waals surface area (Å²) >= 11 is 3.50. The van der Waals surface area contributed by atoms with Crippen molar-refractivity contribution >= 4 is 27.7 Å². The van der Waals surface area contributed by atoms with Crippen LogP contribution in [0.15, 0.2) is 87.4 Å². The Bertz CT molecular complexity index is 1500. The number of halogens is 4. The number of hydrogen-bond acceptors (Lipinski definition) is 7. The zero-order chi connectivity index (χ0) is 30.9. The van der Waals surface area contributed by atoms with Crippen molar-refractivity contribution in [1.82, 2.24) is 10.9 Å². The first-order valence-corrected chi connectivity index (χ1v) is 14.0. The molecule has 3 aromatic carbocycles. The van der Waals surface area contributed by atoms with Gasteiger partial charge in [-0.3, -0.25) is 10.2 Å². The lowest BCUT2D eigenvalue weighted by molar-refractivity contribution is -0.136. The van der Waals surface area contributed by atoms with Gasteiger partial charge in [0.05, 0.1) is 13.2 Å². The summed E-state index contributed by atoms with van der Waals surface area (Å²) in [5, 5.41) is 12.7. The van der Waals surface area contributed by atoms with Gasteiger partial charge in [0.15, 0.2) is 11.6 Å². The van der Waals surface area contributed by atoms with Crippen LogP contribution in [0.1, 0.15) is 34.8 Å². The van der Waals surface area contributed by atoms with Crippen molar-refractivity contribution in [2.24, 2.45) is 10.1 Å². The van der Waals surface area contributed by atoms with Gasteiger partial charge in [-0.25, -0.2) is 10.4 Å². The molecule has 1 heterocycles. The molecule has 0 fully saturated rings. The Morgan fingerprint density at radius 2 is 1.81 bits per heavy atom. The quantitative estimate of drug-likeness (QED) is 0.0709. The zero-order valence-electron chi connectivity index (χ0n) is 22.7. The number of hydrazine groups is 1. The molecular weight excluding hydrogens is 633 g/mol. The third kappa shape index (κ3) is 8.05. The van der Waals surface area contributed by atoms with E-state index in [4.69, 9.17) is 25.1 Å². The fourth-order valence-electron chi connectivity index (χ4n) is 4.57. The summed E-state index contributed by atoms with van der Waals surface area (Å²) in [5.41, 5.74) is 13.5. The second-order valence-corrected chi connectivity index (χ2v) is 10.4. The van der Waals surface area contributed by atoms with Crippen molar-refractivity contribution in [2.75, 3.05) is 19.8 Å². The normalized spacial score (nSPS) is 17.9. The lowest BCUT2D eigenvalue weighted by atomic mass is 9.80. The molecule has 1 amide bonds. The molecule has 14 heteroatoms. The molecular formula is C29H28BrF3N6O4. The molecule has 2 atom stereocenters. The van der Waals surface area contributed by atoms with Crippen LogP contribution < -0.4 is 15.6 Å². The molecule has 226 valence electrons. The number of rotatable bonds is 13. The van der Waals surface area contributed by atoms with Crippen molar-refractivity contribution in [1.29, 1.82) is 0 Å². The summed E-state index contributed by atoms with van der Waals surface area (Å²) in [5.74, 6) is -0.223. The van der Waals surface area contributed by atoms with Crippen molar-refractivity contribution in [3.8, 4) is 5.75 Å². The van der Waals surface area contributed by atoms with Gasteiger partial charge in [0.25, 0.3) is 5.91 Å². The van der Waals surface area contributed by atoms with Crippen LogP contribution in [0.4, 0.5) is 13.2 Å². The van der Waals surface area contributed by atoms with Crippen molar-refractivity contribution < 1.29 is 32.5 Å². The number of aliphatic hydroxyl groups excluding tert-OH is 1. The van der Waals surface area contributed by atoms with E-state index >= 15 is 0 Å². The molecule has 0 saturated carbocycles. The summed E-state index contributed by atoms with van der Waals surface area (Å²) in [6, 6.07) is 20.7. The lowest BCUT2D eigenvalue weighted by Crippen LogP contribution is -2.55. The number of nitrogens with zero attached hydrogens (tertiary/aromatic N) is 4. The van der Waals surface area contributed by atoms with Gasteiger partial charge in [0.1, 0.15) is 12.3 Å². The topological polar surface area (TPSA) is 141 Å². The highest BCUT2D eigenvalue weighted by molar-refractivity contribution is 9.10. The number of amides is 1. The van der Waals surface area contributed by atoms with Crippen LogP contribution in [0.5, 0.6) is 5.75 Å². The van der Waals surface area contributed by atoms with E-state index in [1.165, 1.54) is 0 Å². The summed E-state index contributed by atoms with van der Waals surface area (Å²) < 4.78 is 51.6. The predicted molar refractivity (Wildman–Crippen MR) is 156 cm³/mol. The number of carbonyl (C=O) groups excluding carboxylic acids is 1. The van der Waals surface area contributed by atoms with Crippen LogP contribution in [0, 0.1) is 0 Å². The molecule has 43 heavy (non-hydrogen) atoms. The number of benzene rings is 3. The van der Waals surface area contributed by atoms with E-state index in [1.807, 2.05) is 5.43 Å². The largest absolute Gasteiger partial charge is 0.494 e. The Hall–Kier alpha value is -4.10. The van der Waals surface area contributed by atoms with E-state index < -0.39 is 30.3 Å². The van der Waals surface area contributed by atoms with Gasteiger partial charge in [0, 0.05) is 34.4 Å². The smallest absolute Gasteiger partial charge is 0.402 e. The first-order valence-electron chi connectivity index (χ1n) is 13.2. The van der Waals surface area contributed by atoms with E-state index in [2.05, 4.69) is 31.4 Å². The molecule has 4 rings (SSSR count). The fourth-order valence-corrected chi connectivity index (χ4v) is 4.99. The third-order valence-corrected chi connectivity index (χ3v) is 7.35. The minimum atomic E-state index is -4.58. The maximum absolute atomic E-state index is 14.0. The van der Waals surface area contributed by atoms with Gasteiger partial charge >= 0.3 is 6.18 Å². The molecule has 10 nitrogen and oxygen atoms in total. The Morgan fingerprint density at radius 1 is 1.12 bits per heavy atom. The van der Waals surface area contributed by atoms with Crippen LogP contribution in [0.25, 0.3) is 10.4 Å². The summed E-state index contributed by atoms with van der Waals surface area (Å²) in [7, 11) is 0. The molecule has 3 N–H and O–H groups in total. The van der Waals surface area contributed by atoms with Gasteiger partial charge in [-0.2, -0.15) is 13.2 Å². The van der Waals surface area contributed by atoms with Gasteiger partial charge in [-0.1, -0.05) is 63.5 Å².